The molecular formula is C20H18N2O6. The third kappa shape index (κ3) is 6.19. The third-order valence-corrected chi connectivity index (χ3v) is 3.68. The van der Waals surface area contributed by atoms with Gasteiger partial charge in [0.25, 0.3) is 0 Å². The van der Waals surface area contributed by atoms with E-state index in [4.69, 9.17) is 4.74 Å². The molecule has 2 aromatic rings. The smallest absolute Gasteiger partial charge is 0.325 e. The molecule has 0 heterocycles. The van der Waals surface area contributed by atoms with Gasteiger partial charge in [-0.1, -0.05) is 0 Å². The summed E-state index contributed by atoms with van der Waals surface area (Å²) in [5, 5.41) is 2.41. The lowest BCUT2D eigenvalue weighted by atomic mass is 10.0. The molecule has 0 aliphatic rings. The molecule has 0 spiro atoms. The summed E-state index contributed by atoms with van der Waals surface area (Å²) in [6.45, 7) is -0.0619. The number of rotatable bonds is 9. The van der Waals surface area contributed by atoms with Crippen LogP contribution in [-0.4, -0.2) is 44.0 Å². The van der Waals surface area contributed by atoms with Crippen molar-refractivity contribution in [3.05, 3.63) is 59.7 Å². The van der Waals surface area contributed by atoms with Crippen LogP contribution in [0.25, 0.3) is 0 Å². The summed E-state index contributed by atoms with van der Waals surface area (Å²) < 4.78 is 9.88. The highest BCUT2D eigenvalue weighted by Gasteiger charge is 2.10. The quantitative estimate of drug-likeness (QED) is 0.307. The van der Waals surface area contributed by atoms with Crippen molar-refractivity contribution in [1.29, 1.82) is 0 Å². The Bertz CT molecular complexity index is 884. The zero-order chi connectivity index (χ0) is 20.4. The minimum Gasteiger partial charge on any atom is -0.493 e. The fourth-order valence-electron chi connectivity index (χ4n) is 2.20. The molecule has 0 aliphatic heterocycles. The van der Waals surface area contributed by atoms with Gasteiger partial charge in [-0.25, -0.2) is 4.79 Å². The highest BCUT2D eigenvalue weighted by atomic mass is 16.5. The topological polar surface area (TPSA) is 111 Å². The number of carbonyl (C=O) groups excluding carboxylic acids is 4. The fourth-order valence-corrected chi connectivity index (χ4v) is 2.20. The van der Waals surface area contributed by atoms with E-state index in [1.165, 1.54) is 13.2 Å². The lowest BCUT2D eigenvalue weighted by Gasteiger charge is -2.08. The van der Waals surface area contributed by atoms with E-state index in [1.807, 2.05) is 0 Å². The van der Waals surface area contributed by atoms with Crippen LogP contribution < -0.4 is 10.1 Å². The average molecular weight is 382 g/mol. The first-order chi connectivity index (χ1) is 13.5. The number of methoxy groups -OCH3 is 1. The van der Waals surface area contributed by atoms with Crippen LogP contribution >= 0.6 is 0 Å². The van der Waals surface area contributed by atoms with Crippen LogP contribution in [0.3, 0.4) is 0 Å². The van der Waals surface area contributed by atoms with Gasteiger partial charge in [0.1, 0.15) is 12.3 Å². The van der Waals surface area contributed by atoms with Crippen molar-refractivity contribution in [2.75, 3.05) is 20.3 Å². The zero-order valence-electron chi connectivity index (χ0n) is 15.1. The molecule has 0 radical (unpaired) electrons. The van der Waals surface area contributed by atoms with Crippen molar-refractivity contribution >= 4 is 29.4 Å². The second-order valence-corrected chi connectivity index (χ2v) is 5.55. The van der Waals surface area contributed by atoms with Gasteiger partial charge in [-0.15, -0.1) is 0 Å². The first kappa shape index (κ1) is 20.5. The molecule has 0 fully saturated rings. The summed E-state index contributed by atoms with van der Waals surface area (Å²) in [7, 11) is 1.24. The number of isocyanates is 1. The van der Waals surface area contributed by atoms with E-state index in [9.17, 15) is 19.2 Å². The number of amides is 1. The van der Waals surface area contributed by atoms with Gasteiger partial charge in [-0.05, 0) is 48.5 Å². The maximum atomic E-state index is 12.4. The number of hydrogen-bond acceptors (Lipinski definition) is 7. The molecule has 8 heteroatoms. The predicted octanol–water partition coefficient (Wildman–Crippen LogP) is 1.94. The van der Waals surface area contributed by atoms with Crippen LogP contribution in [0, 0.1) is 0 Å². The van der Waals surface area contributed by atoms with E-state index >= 15 is 0 Å². The second-order valence-electron chi connectivity index (χ2n) is 5.55. The van der Waals surface area contributed by atoms with Gasteiger partial charge in [0.05, 0.1) is 25.8 Å². The Balaban J connectivity index is 1.85. The van der Waals surface area contributed by atoms with Crippen molar-refractivity contribution in [1.82, 2.24) is 5.32 Å². The average Bonchev–Trinajstić information content (AvgIpc) is 2.73. The second kappa shape index (κ2) is 10.4. The first-order valence-electron chi connectivity index (χ1n) is 8.32. The molecule has 8 nitrogen and oxygen atoms in total. The number of ketones is 1. The van der Waals surface area contributed by atoms with Gasteiger partial charge in [0.15, 0.2) is 5.78 Å². The molecule has 1 N–H and O–H groups in total. The number of aliphatic imine (C=N–C) groups is 1. The number of nitrogens with zero attached hydrogens (tertiary/aromatic N) is 1. The van der Waals surface area contributed by atoms with E-state index < -0.39 is 5.97 Å². The number of carbonyl (C=O) groups is 3. The van der Waals surface area contributed by atoms with Gasteiger partial charge in [-0.3, -0.25) is 14.4 Å². The van der Waals surface area contributed by atoms with E-state index in [2.05, 4.69) is 15.0 Å². The number of nitrogens with one attached hydrogen (secondary N) is 1. The Morgan fingerprint density at radius 1 is 1.00 bits per heavy atom. The summed E-state index contributed by atoms with van der Waals surface area (Å²) in [6.07, 6.45) is 1.52. The van der Waals surface area contributed by atoms with E-state index in [1.54, 1.807) is 48.5 Å². The summed E-state index contributed by atoms with van der Waals surface area (Å²) >= 11 is 0. The maximum Gasteiger partial charge on any atom is 0.325 e. The predicted molar refractivity (Wildman–Crippen MR) is 99.2 cm³/mol. The van der Waals surface area contributed by atoms with Crippen molar-refractivity contribution in [3.8, 4) is 5.75 Å². The molecule has 0 aliphatic carbocycles. The van der Waals surface area contributed by atoms with Gasteiger partial charge in [-0.2, -0.15) is 4.99 Å². The summed E-state index contributed by atoms with van der Waals surface area (Å²) in [4.78, 5) is 48.6. The maximum absolute atomic E-state index is 12.4. The van der Waals surface area contributed by atoms with Gasteiger partial charge < -0.3 is 14.8 Å². The van der Waals surface area contributed by atoms with Crippen LogP contribution in [0.1, 0.15) is 22.3 Å². The van der Waals surface area contributed by atoms with Crippen LogP contribution in [0.4, 0.5) is 5.69 Å². The molecule has 0 aromatic heterocycles. The Labute approximate surface area is 161 Å². The van der Waals surface area contributed by atoms with Crippen LogP contribution in [0.2, 0.25) is 0 Å². The lowest BCUT2D eigenvalue weighted by Crippen LogP contribution is -2.30. The number of ether oxygens (including phenoxy) is 2. The minimum atomic E-state index is -0.527. The normalized spacial score (nSPS) is 9.75. The number of hydrogen-bond donors (Lipinski definition) is 1. The summed E-state index contributed by atoms with van der Waals surface area (Å²) in [6, 6.07) is 12.8. The molecule has 0 bridgehead atoms. The van der Waals surface area contributed by atoms with Gasteiger partial charge in [0.2, 0.25) is 12.0 Å². The molecule has 1 amide bonds. The Morgan fingerprint density at radius 3 is 2.18 bits per heavy atom. The molecule has 2 aromatic carbocycles. The van der Waals surface area contributed by atoms with Crippen LogP contribution in [0.15, 0.2) is 53.5 Å². The molecule has 144 valence electrons. The first-order valence-corrected chi connectivity index (χ1v) is 8.32. The lowest BCUT2D eigenvalue weighted by molar-refractivity contribution is -0.141. The Hall–Kier alpha value is -3.77. The molecule has 28 heavy (non-hydrogen) atoms. The minimum absolute atomic E-state index is 0.0767. The molecule has 0 saturated heterocycles. The van der Waals surface area contributed by atoms with Crippen molar-refractivity contribution < 1.29 is 28.7 Å². The standard InChI is InChI=1S/C20H18N2O6/c1-27-19(25)12-21-18(24)10-11-28-17-8-4-15(5-9-17)20(26)14-2-6-16(7-3-14)22-13-23/h2-9H,10-12H2,1H3,(H,21,24). The van der Waals surface area contributed by atoms with Crippen LogP contribution in [-0.2, 0) is 19.1 Å². The zero-order valence-corrected chi connectivity index (χ0v) is 15.1. The summed E-state index contributed by atoms with van der Waals surface area (Å²) in [5.41, 5.74) is 1.35. The largest absolute Gasteiger partial charge is 0.493 e. The van der Waals surface area contributed by atoms with Crippen molar-refractivity contribution in [3.63, 3.8) is 0 Å². The molecular weight excluding hydrogens is 364 g/mol. The molecule has 0 unspecified atom stereocenters. The third-order valence-electron chi connectivity index (χ3n) is 3.68. The number of esters is 1. The summed E-state index contributed by atoms with van der Waals surface area (Å²) in [5.74, 6) is -0.538. The Morgan fingerprint density at radius 2 is 1.61 bits per heavy atom. The highest BCUT2D eigenvalue weighted by Crippen LogP contribution is 2.18. The van der Waals surface area contributed by atoms with Crippen molar-refractivity contribution in [2.45, 2.75) is 6.42 Å². The van der Waals surface area contributed by atoms with Crippen LogP contribution in [0.5, 0.6) is 5.75 Å². The molecule has 2 rings (SSSR count). The number of benzene rings is 2. The fraction of sp³-hybridized carbons (Fsp3) is 0.200. The van der Waals surface area contributed by atoms with E-state index in [-0.39, 0.29) is 31.3 Å². The van der Waals surface area contributed by atoms with Crippen molar-refractivity contribution in [2.24, 2.45) is 4.99 Å². The van der Waals surface area contributed by atoms with Gasteiger partial charge >= 0.3 is 5.97 Å². The van der Waals surface area contributed by atoms with E-state index in [0.29, 0.717) is 22.6 Å². The highest BCUT2D eigenvalue weighted by molar-refractivity contribution is 6.09. The van der Waals surface area contributed by atoms with E-state index in [0.717, 1.165) is 0 Å². The molecule has 0 saturated carbocycles. The SMILES string of the molecule is COC(=O)CNC(=O)CCOc1ccc(C(=O)c2ccc(N=C=O)cc2)cc1. The Kier molecular flexibility index (Phi) is 7.63. The molecule has 0 atom stereocenters. The monoisotopic (exact) mass is 382 g/mol. The van der Waals surface area contributed by atoms with Gasteiger partial charge in [0, 0.05) is 11.1 Å².